The summed E-state index contributed by atoms with van der Waals surface area (Å²) in [5.74, 6) is 0. The van der Waals surface area contributed by atoms with Crippen LogP contribution in [0.25, 0.3) is 10.8 Å². The Kier molecular flexibility index (Phi) is 21.6. The van der Waals surface area contributed by atoms with E-state index in [0.717, 1.165) is 6.42 Å². The maximum absolute atomic E-state index is 3.19. The predicted molar refractivity (Wildman–Crippen MR) is 98.8 cm³/mol. The molecule has 0 aromatic heterocycles. The number of halogens is 2. The van der Waals surface area contributed by atoms with E-state index in [-0.39, 0.29) is 50.7 Å². The molecule has 0 aliphatic heterocycles. The van der Waals surface area contributed by atoms with Crippen molar-refractivity contribution >= 4 is 27.3 Å². The first-order valence-corrected chi connectivity index (χ1v) is 10.9. The Bertz CT molecular complexity index is 545. The molecule has 0 saturated carbocycles. The second kappa shape index (κ2) is 17.4. The summed E-state index contributed by atoms with van der Waals surface area (Å²) < 4.78 is 0. The Balaban J connectivity index is -0.000000262. The Labute approximate surface area is 176 Å². The van der Waals surface area contributed by atoms with Gasteiger partial charge in [-0.25, -0.2) is 11.6 Å². The number of allylic oxidation sites excluding steroid dienone is 4. The van der Waals surface area contributed by atoms with Crippen LogP contribution in [0.4, 0.5) is 0 Å². The molecule has 124 valence electrons. The zero-order chi connectivity index (χ0) is 14.8. The Hall–Kier alpha value is 0.620. The number of fused-ring (bicyclic) bond motifs is 1. The van der Waals surface area contributed by atoms with Crippen molar-refractivity contribution in [3.63, 3.8) is 0 Å². The number of hydrogen-bond donors (Lipinski definition) is 0. The van der Waals surface area contributed by atoms with E-state index in [2.05, 4.69) is 81.8 Å². The van der Waals surface area contributed by atoms with Gasteiger partial charge >= 0.3 is 25.8 Å². The summed E-state index contributed by atoms with van der Waals surface area (Å²) in [6.45, 7) is 8.65. The van der Waals surface area contributed by atoms with Crippen molar-refractivity contribution < 1.29 is 50.7 Å². The fourth-order valence-electron chi connectivity index (χ4n) is 1.82. The second-order valence-electron chi connectivity index (χ2n) is 4.68. The fourth-order valence-corrected chi connectivity index (χ4v) is 1.82. The standard InChI is InChI=1S/C9H7.C7H9.C2H8P2.2ClH.Hf/c1-2-5-9-7-3-6-8(9)4-1;1-6-3-4-7(2)5-6;1-3-4-2;;;/h1-7H;5H,3H2,1-2H3;3-4H,1-2H3;2*1H;/q2*-1;;;;+4/p-2. The van der Waals surface area contributed by atoms with Gasteiger partial charge in [0.15, 0.2) is 0 Å². The van der Waals surface area contributed by atoms with Crippen molar-refractivity contribution in [2.45, 2.75) is 20.3 Å². The molecule has 2 aromatic rings. The minimum Gasteiger partial charge on any atom is -1.00 e. The van der Waals surface area contributed by atoms with Gasteiger partial charge in [0.25, 0.3) is 0 Å². The van der Waals surface area contributed by atoms with Gasteiger partial charge < -0.3 is 24.8 Å². The van der Waals surface area contributed by atoms with Crippen molar-refractivity contribution in [3.8, 4) is 0 Å². The third kappa shape index (κ3) is 12.6. The molecule has 0 radical (unpaired) electrons. The summed E-state index contributed by atoms with van der Waals surface area (Å²) in [5, 5.41) is 2.66. The molecule has 0 saturated heterocycles. The normalized spacial score (nSPS) is 12.2. The molecule has 0 N–H and O–H groups in total. The quantitative estimate of drug-likeness (QED) is 0.270. The summed E-state index contributed by atoms with van der Waals surface area (Å²) in [6.07, 6.45) is 6.41. The molecule has 0 amide bonds. The van der Waals surface area contributed by atoms with E-state index in [1.807, 2.05) is 0 Å². The van der Waals surface area contributed by atoms with Crippen LogP contribution < -0.4 is 24.8 Å². The van der Waals surface area contributed by atoms with Gasteiger partial charge in [-0.2, -0.15) is 23.1 Å². The zero-order valence-corrected chi connectivity index (χ0v) is 21.2. The van der Waals surface area contributed by atoms with Crippen molar-refractivity contribution in [1.29, 1.82) is 0 Å². The fraction of sp³-hybridized carbons (Fsp3) is 0.278. The molecule has 0 heterocycles. The number of rotatable bonds is 1. The zero-order valence-electron chi connectivity index (χ0n) is 14.1. The molecule has 5 heteroatoms. The largest absolute Gasteiger partial charge is 4.00 e. The van der Waals surface area contributed by atoms with Crippen LogP contribution >= 0.6 is 16.5 Å². The van der Waals surface area contributed by atoms with Crippen LogP contribution in [0.2, 0.25) is 0 Å². The molecule has 0 bridgehead atoms. The summed E-state index contributed by atoms with van der Waals surface area (Å²) in [4.78, 5) is 0. The van der Waals surface area contributed by atoms with E-state index < -0.39 is 0 Å². The maximum atomic E-state index is 3.19. The molecule has 0 nitrogen and oxygen atoms in total. The first-order valence-electron chi connectivity index (χ1n) is 6.86. The Morgan fingerprint density at radius 2 is 1.61 bits per heavy atom. The molecule has 2 aromatic carbocycles. The summed E-state index contributed by atoms with van der Waals surface area (Å²) in [6, 6.07) is 14.7. The Morgan fingerprint density at radius 1 is 1.00 bits per heavy atom. The SMILES string of the molecule is CC1=[C-]CC(C)=C1.CPPC.[Cl-].[Cl-].[Hf+4].c1ccc2[cH-]ccc2c1. The van der Waals surface area contributed by atoms with Gasteiger partial charge in [-0.15, -0.1) is 52.6 Å². The molecule has 0 spiro atoms. The monoisotopic (exact) mass is 552 g/mol. The molecule has 0 fully saturated rings. The third-order valence-corrected chi connectivity index (χ3v) is 4.91. The third-order valence-electron chi connectivity index (χ3n) is 2.91. The van der Waals surface area contributed by atoms with Gasteiger partial charge in [-0.1, -0.05) is 19.9 Å². The van der Waals surface area contributed by atoms with E-state index in [1.54, 1.807) is 0 Å². The molecular formula is C18H24Cl2HfP2. The molecule has 2 atom stereocenters. The van der Waals surface area contributed by atoms with Crippen molar-refractivity contribution in [2.24, 2.45) is 0 Å². The first kappa shape index (κ1) is 28.4. The number of benzene rings is 1. The van der Waals surface area contributed by atoms with E-state index in [4.69, 9.17) is 0 Å². The molecule has 1 aliphatic rings. The average molecular weight is 552 g/mol. The van der Waals surface area contributed by atoms with E-state index in [1.165, 1.54) is 38.5 Å². The predicted octanol–water partition coefficient (Wildman–Crippen LogP) is 0.168. The van der Waals surface area contributed by atoms with Crippen LogP contribution in [-0.4, -0.2) is 13.3 Å². The van der Waals surface area contributed by atoms with Crippen LogP contribution in [-0.2, 0) is 25.8 Å². The van der Waals surface area contributed by atoms with Crippen LogP contribution in [0.3, 0.4) is 0 Å². The topological polar surface area (TPSA) is 0 Å². The van der Waals surface area contributed by atoms with Gasteiger partial charge in [-0.05, 0) is 13.3 Å². The van der Waals surface area contributed by atoms with Gasteiger partial charge in [0, 0.05) is 0 Å². The van der Waals surface area contributed by atoms with E-state index >= 15 is 0 Å². The average Bonchev–Trinajstić information content (AvgIpc) is 3.08. The van der Waals surface area contributed by atoms with Gasteiger partial charge in [0.05, 0.1) is 0 Å². The number of hydrogen-bond acceptors (Lipinski definition) is 0. The first-order chi connectivity index (χ1) is 9.67. The molecule has 3 rings (SSSR count). The van der Waals surface area contributed by atoms with Crippen LogP contribution in [0.5, 0.6) is 0 Å². The molecule has 1 aliphatic carbocycles. The minimum atomic E-state index is 0. The van der Waals surface area contributed by atoms with Crippen molar-refractivity contribution in [1.82, 2.24) is 0 Å². The van der Waals surface area contributed by atoms with Gasteiger partial charge in [0.2, 0.25) is 0 Å². The van der Waals surface area contributed by atoms with E-state index in [9.17, 15) is 0 Å². The van der Waals surface area contributed by atoms with Gasteiger partial charge in [0.1, 0.15) is 0 Å². The molecular weight excluding hydrogens is 528 g/mol. The summed E-state index contributed by atoms with van der Waals surface area (Å²) >= 11 is 0. The second-order valence-corrected chi connectivity index (χ2v) is 8.68. The minimum absolute atomic E-state index is 0. The van der Waals surface area contributed by atoms with E-state index in [0.29, 0.717) is 0 Å². The smallest absolute Gasteiger partial charge is 1.00 e. The summed E-state index contributed by atoms with van der Waals surface area (Å²) in [7, 11) is 2.34. The molecule has 23 heavy (non-hydrogen) atoms. The van der Waals surface area contributed by atoms with Crippen LogP contribution in [0, 0.1) is 6.08 Å². The van der Waals surface area contributed by atoms with Gasteiger partial charge in [-0.3, -0.25) is 6.08 Å². The summed E-state index contributed by atoms with van der Waals surface area (Å²) in [5.41, 5.74) is 2.72. The van der Waals surface area contributed by atoms with Crippen molar-refractivity contribution in [3.05, 3.63) is 65.8 Å². The maximum Gasteiger partial charge on any atom is 4.00 e. The van der Waals surface area contributed by atoms with Crippen molar-refractivity contribution in [2.75, 3.05) is 13.3 Å². The molecule has 2 unspecified atom stereocenters. The Morgan fingerprint density at radius 3 is 2.00 bits per heavy atom. The van der Waals surface area contributed by atoms with Crippen LogP contribution in [0.15, 0.2) is 59.7 Å². The van der Waals surface area contributed by atoms with Crippen LogP contribution in [0.1, 0.15) is 20.3 Å².